The second kappa shape index (κ2) is 3.51. The Morgan fingerprint density at radius 3 is 2.46 bits per heavy atom. The fourth-order valence-corrected chi connectivity index (χ4v) is 1.52. The van der Waals surface area contributed by atoms with E-state index < -0.39 is 0 Å². The highest BCUT2D eigenvalue weighted by Gasteiger charge is 2.24. The van der Waals surface area contributed by atoms with Gasteiger partial charge in [0.2, 0.25) is 0 Å². The number of ether oxygens (including phenoxy) is 1. The smallest absolute Gasteiger partial charge is 0.106 e. The molecule has 1 aromatic rings. The van der Waals surface area contributed by atoms with Gasteiger partial charge in [-0.25, -0.2) is 0 Å². The number of benzene rings is 1. The molecule has 2 rings (SSSR count). The topological polar surface area (TPSA) is 12.5 Å². The van der Waals surface area contributed by atoms with Crippen molar-refractivity contribution < 1.29 is 4.74 Å². The highest BCUT2D eigenvalue weighted by Crippen LogP contribution is 2.30. The van der Waals surface area contributed by atoms with E-state index in [-0.39, 0.29) is 0 Å². The third-order valence-corrected chi connectivity index (χ3v) is 2.82. The molecule has 0 aliphatic carbocycles. The van der Waals surface area contributed by atoms with E-state index in [1.54, 1.807) is 0 Å². The van der Waals surface area contributed by atoms with Gasteiger partial charge in [-0.05, 0) is 23.5 Å². The third kappa shape index (κ3) is 1.92. The first kappa shape index (κ1) is 8.76. The molecule has 0 aromatic heterocycles. The summed E-state index contributed by atoms with van der Waals surface area (Å²) in [4.78, 5) is 0. The van der Waals surface area contributed by atoms with Crippen LogP contribution in [0.1, 0.15) is 43.4 Å². The zero-order valence-electron chi connectivity index (χ0n) is 8.29. The molecule has 1 fully saturated rings. The number of hydrogen-bond donors (Lipinski definition) is 0. The van der Waals surface area contributed by atoms with Gasteiger partial charge in [-0.15, -0.1) is 0 Å². The standard InChI is InChI=1S/C12H16O/c1-3-9(2)10-4-6-11(7-5-10)12-8-13-12/h4-7,9,12H,3,8H2,1-2H3. The Bertz CT molecular complexity index is 272. The monoisotopic (exact) mass is 176 g/mol. The van der Waals surface area contributed by atoms with E-state index in [4.69, 9.17) is 4.74 Å². The fourth-order valence-electron chi connectivity index (χ4n) is 1.52. The minimum atomic E-state index is 0.394. The molecule has 13 heavy (non-hydrogen) atoms. The van der Waals surface area contributed by atoms with E-state index in [1.807, 2.05) is 0 Å². The van der Waals surface area contributed by atoms with Crippen molar-refractivity contribution in [3.63, 3.8) is 0 Å². The molecule has 0 N–H and O–H groups in total. The van der Waals surface area contributed by atoms with Crippen molar-refractivity contribution in [3.05, 3.63) is 35.4 Å². The number of epoxide rings is 1. The Kier molecular flexibility index (Phi) is 2.36. The molecule has 1 aliphatic heterocycles. The second-order valence-electron chi connectivity index (χ2n) is 3.80. The van der Waals surface area contributed by atoms with E-state index in [1.165, 1.54) is 17.5 Å². The van der Waals surface area contributed by atoms with Crippen LogP contribution in [0.5, 0.6) is 0 Å². The normalized spacial score (nSPS) is 22.8. The molecule has 2 unspecified atom stereocenters. The molecule has 1 heterocycles. The van der Waals surface area contributed by atoms with Crippen LogP contribution in [0.25, 0.3) is 0 Å². The summed E-state index contributed by atoms with van der Waals surface area (Å²) in [5.74, 6) is 0.675. The van der Waals surface area contributed by atoms with Gasteiger partial charge in [0, 0.05) is 0 Å². The summed E-state index contributed by atoms with van der Waals surface area (Å²) in [6.45, 7) is 5.40. The summed E-state index contributed by atoms with van der Waals surface area (Å²) < 4.78 is 5.22. The van der Waals surface area contributed by atoms with Crippen LogP contribution in [0.2, 0.25) is 0 Å². The molecule has 1 saturated heterocycles. The molecule has 0 radical (unpaired) electrons. The van der Waals surface area contributed by atoms with Crippen molar-refractivity contribution in [3.8, 4) is 0 Å². The lowest BCUT2D eigenvalue weighted by molar-refractivity contribution is 0.415. The van der Waals surface area contributed by atoms with Gasteiger partial charge in [-0.3, -0.25) is 0 Å². The van der Waals surface area contributed by atoms with Gasteiger partial charge in [0.1, 0.15) is 6.10 Å². The lowest BCUT2D eigenvalue weighted by Crippen LogP contribution is -1.91. The van der Waals surface area contributed by atoms with Gasteiger partial charge < -0.3 is 4.74 Å². The van der Waals surface area contributed by atoms with Crippen molar-refractivity contribution in [1.82, 2.24) is 0 Å². The first-order valence-electron chi connectivity index (χ1n) is 5.02. The summed E-state index contributed by atoms with van der Waals surface area (Å²) in [6.07, 6.45) is 1.60. The van der Waals surface area contributed by atoms with E-state index in [0.29, 0.717) is 12.0 Å². The Balaban J connectivity index is 2.12. The van der Waals surface area contributed by atoms with Crippen LogP contribution < -0.4 is 0 Å². The predicted molar refractivity (Wildman–Crippen MR) is 53.8 cm³/mol. The first-order valence-corrected chi connectivity index (χ1v) is 5.02. The molecule has 1 nitrogen and oxygen atoms in total. The molecule has 0 bridgehead atoms. The average molecular weight is 176 g/mol. The van der Waals surface area contributed by atoms with Gasteiger partial charge in [-0.2, -0.15) is 0 Å². The van der Waals surface area contributed by atoms with Gasteiger partial charge in [-0.1, -0.05) is 38.1 Å². The first-order chi connectivity index (χ1) is 6.31. The van der Waals surface area contributed by atoms with Crippen molar-refractivity contribution >= 4 is 0 Å². The van der Waals surface area contributed by atoms with Gasteiger partial charge in [0.05, 0.1) is 6.61 Å². The quantitative estimate of drug-likeness (QED) is 0.644. The van der Waals surface area contributed by atoms with E-state index >= 15 is 0 Å². The maximum absolute atomic E-state index is 5.22. The third-order valence-electron chi connectivity index (χ3n) is 2.82. The molecule has 1 aliphatic rings. The summed E-state index contributed by atoms with van der Waals surface area (Å²) in [6, 6.07) is 8.84. The van der Waals surface area contributed by atoms with Crippen molar-refractivity contribution in [2.45, 2.75) is 32.3 Å². The number of hydrogen-bond acceptors (Lipinski definition) is 1. The minimum Gasteiger partial charge on any atom is -0.368 e. The highest BCUT2D eigenvalue weighted by molar-refractivity contribution is 5.27. The summed E-state index contributed by atoms with van der Waals surface area (Å²) in [5.41, 5.74) is 2.76. The summed E-state index contributed by atoms with van der Waals surface area (Å²) >= 11 is 0. The zero-order chi connectivity index (χ0) is 9.26. The van der Waals surface area contributed by atoms with Crippen LogP contribution in [0.15, 0.2) is 24.3 Å². The molecular weight excluding hydrogens is 160 g/mol. The van der Waals surface area contributed by atoms with Crippen molar-refractivity contribution in [1.29, 1.82) is 0 Å². The van der Waals surface area contributed by atoms with Gasteiger partial charge >= 0.3 is 0 Å². The van der Waals surface area contributed by atoms with Crippen LogP contribution in [-0.4, -0.2) is 6.61 Å². The van der Waals surface area contributed by atoms with Crippen LogP contribution in [0.4, 0.5) is 0 Å². The maximum Gasteiger partial charge on any atom is 0.106 e. The predicted octanol–water partition coefficient (Wildman–Crippen LogP) is 3.27. The second-order valence-corrected chi connectivity index (χ2v) is 3.80. The van der Waals surface area contributed by atoms with Crippen LogP contribution in [0.3, 0.4) is 0 Å². The van der Waals surface area contributed by atoms with Gasteiger partial charge in [0.25, 0.3) is 0 Å². The van der Waals surface area contributed by atoms with Crippen molar-refractivity contribution in [2.75, 3.05) is 6.61 Å². The highest BCUT2D eigenvalue weighted by atomic mass is 16.6. The zero-order valence-corrected chi connectivity index (χ0v) is 8.29. The molecule has 1 heteroatoms. The molecular formula is C12H16O. The minimum absolute atomic E-state index is 0.394. The van der Waals surface area contributed by atoms with Crippen molar-refractivity contribution in [2.24, 2.45) is 0 Å². The SMILES string of the molecule is CCC(C)c1ccc(C2CO2)cc1. The molecule has 0 spiro atoms. The molecule has 2 atom stereocenters. The summed E-state index contributed by atoms with van der Waals surface area (Å²) in [5, 5.41) is 0. The maximum atomic E-state index is 5.22. The Morgan fingerprint density at radius 2 is 2.00 bits per heavy atom. The largest absolute Gasteiger partial charge is 0.368 e. The lowest BCUT2D eigenvalue weighted by Gasteiger charge is -2.08. The van der Waals surface area contributed by atoms with E-state index in [9.17, 15) is 0 Å². The van der Waals surface area contributed by atoms with Gasteiger partial charge in [0.15, 0.2) is 0 Å². The van der Waals surface area contributed by atoms with Crippen LogP contribution in [0, 0.1) is 0 Å². The fraction of sp³-hybridized carbons (Fsp3) is 0.500. The molecule has 0 saturated carbocycles. The van der Waals surface area contributed by atoms with Crippen LogP contribution >= 0.6 is 0 Å². The van der Waals surface area contributed by atoms with E-state index in [0.717, 1.165) is 6.61 Å². The Labute approximate surface area is 79.7 Å². The van der Waals surface area contributed by atoms with E-state index in [2.05, 4.69) is 38.1 Å². The lowest BCUT2D eigenvalue weighted by atomic mass is 9.97. The molecule has 1 aromatic carbocycles. The molecule has 70 valence electrons. The average Bonchev–Trinajstić information content (AvgIpc) is 3.00. The summed E-state index contributed by atoms with van der Waals surface area (Å²) in [7, 11) is 0. The van der Waals surface area contributed by atoms with Crippen LogP contribution in [-0.2, 0) is 4.74 Å². The Morgan fingerprint density at radius 1 is 1.38 bits per heavy atom. The molecule has 0 amide bonds. The number of rotatable bonds is 3. The Hall–Kier alpha value is -0.820.